The Morgan fingerprint density at radius 3 is 2.38 bits per heavy atom. The van der Waals surface area contributed by atoms with Crippen molar-refractivity contribution in [2.75, 3.05) is 10.6 Å². The lowest BCUT2D eigenvalue weighted by atomic mass is 9.85. The molecule has 24 heavy (non-hydrogen) atoms. The number of anilines is 2. The summed E-state index contributed by atoms with van der Waals surface area (Å²) >= 11 is 0. The molecule has 1 fully saturated rings. The van der Waals surface area contributed by atoms with Crippen LogP contribution in [-0.4, -0.2) is 17.9 Å². The number of nitrogens with one attached hydrogen (secondary N) is 2. The molecule has 0 aliphatic heterocycles. The van der Waals surface area contributed by atoms with Gasteiger partial charge in [0.1, 0.15) is 0 Å². The quantitative estimate of drug-likeness (QED) is 0.804. The second kappa shape index (κ2) is 7.31. The molecule has 1 aromatic heterocycles. The molecule has 6 heteroatoms. The van der Waals surface area contributed by atoms with Gasteiger partial charge in [-0.25, -0.2) is 0 Å². The molecule has 0 saturated heterocycles. The molecule has 1 saturated carbocycles. The Morgan fingerprint density at radius 2 is 1.75 bits per heavy atom. The van der Waals surface area contributed by atoms with Crippen molar-refractivity contribution in [3.8, 4) is 0 Å². The topological polar surface area (TPSA) is 97.4 Å². The van der Waals surface area contributed by atoms with Gasteiger partial charge in [-0.2, -0.15) is 0 Å². The summed E-state index contributed by atoms with van der Waals surface area (Å²) in [4.78, 5) is 24.2. The van der Waals surface area contributed by atoms with Crippen LogP contribution in [0.3, 0.4) is 0 Å². The molecule has 4 N–H and O–H groups in total. The highest BCUT2D eigenvalue weighted by atomic mass is 16.3. The maximum absolute atomic E-state index is 12.3. The fraction of sp³-hybridized carbons (Fsp3) is 0.333. The van der Waals surface area contributed by atoms with Crippen molar-refractivity contribution in [1.82, 2.24) is 0 Å². The fourth-order valence-electron chi connectivity index (χ4n) is 2.95. The van der Waals surface area contributed by atoms with Gasteiger partial charge in [-0.3, -0.25) is 9.59 Å². The average Bonchev–Trinajstić information content (AvgIpc) is 3.11. The molecule has 2 amide bonds. The van der Waals surface area contributed by atoms with Crippen molar-refractivity contribution in [3.63, 3.8) is 0 Å². The molecular formula is C18H21N3O3. The van der Waals surface area contributed by atoms with Crippen LogP contribution in [0.5, 0.6) is 0 Å². The molecule has 0 bridgehead atoms. The summed E-state index contributed by atoms with van der Waals surface area (Å²) in [5.74, 6) is -0.0707. The van der Waals surface area contributed by atoms with Gasteiger partial charge in [0.25, 0.3) is 5.91 Å². The standard InChI is InChI=1S/C18H21N3O3/c19-13-4-1-3-12(11-13)17(22)20-14-6-8-15(9-7-14)21-18(23)16-5-2-10-24-16/h2,5-10,12-13H,1,3-4,11,19H2,(H,20,22)(H,21,23). The van der Waals surface area contributed by atoms with Crippen LogP contribution < -0.4 is 16.4 Å². The van der Waals surface area contributed by atoms with E-state index in [4.69, 9.17) is 10.2 Å². The van der Waals surface area contributed by atoms with Gasteiger partial charge in [0.2, 0.25) is 5.91 Å². The smallest absolute Gasteiger partial charge is 0.291 e. The second-order valence-corrected chi connectivity index (χ2v) is 6.12. The van der Waals surface area contributed by atoms with E-state index in [1.807, 2.05) is 0 Å². The maximum Gasteiger partial charge on any atom is 0.291 e. The Labute approximate surface area is 140 Å². The van der Waals surface area contributed by atoms with Crippen molar-refractivity contribution in [3.05, 3.63) is 48.4 Å². The van der Waals surface area contributed by atoms with Gasteiger partial charge in [-0.15, -0.1) is 0 Å². The predicted octanol–water partition coefficient (Wildman–Crippen LogP) is 2.99. The fourth-order valence-corrected chi connectivity index (χ4v) is 2.95. The number of hydrogen-bond acceptors (Lipinski definition) is 4. The van der Waals surface area contributed by atoms with Gasteiger partial charge >= 0.3 is 0 Å². The third-order valence-electron chi connectivity index (χ3n) is 4.24. The highest BCUT2D eigenvalue weighted by Crippen LogP contribution is 2.25. The molecule has 6 nitrogen and oxygen atoms in total. The highest BCUT2D eigenvalue weighted by Gasteiger charge is 2.25. The summed E-state index contributed by atoms with van der Waals surface area (Å²) in [5, 5.41) is 5.65. The molecule has 126 valence electrons. The normalized spacial score (nSPS) is 20.4. The van der Waals surface area contributed by atoms with Crippen LogP contribution in [0, 0.1) is 5.92 Å². The first kappa shape index (κ1) is 16.3. The van der Waals surface area contributed by atoms with E-state index in [0.717, 1.165) is 25.7 Å². The van der Waals surface area contributed by atoms with Crippen LogP contribution in [0.1, 0.15) is 36.2 Å². The van der Waals surface area contributed by atoms with Gasteiger partial charge in [-0.1, -0.05) is 6.42 Å². The molecular weight excluding hydrogens is 306 g/mol. The first-order valence-corrected chi connectivity index (χ1v) is 8.13. The molecule has 0 radical (unpaired) electrons. The molecule has 1 aliphatic rings. The third-order valence-corrected chi connectivity index (χ3v) is 4.24. The molecule has 0 spiro atoms. The third kappa shape index (κ3) is 4.02. The number of furan rings is 1. The zero-order valence-electron chi connectivity index (χ0n) is 13.3. The second-order valence-electron chi connectivity index (χ2n) is 6.12. The molecule has 2 unspecified atom stereocenters. The zero-order chi connectivity index (χ0) is 16.9. The Hall–Kier alpha value is -2.60. The Morgan fingerprint density at radius 1 is 1.04 bits per heavy atom. The minimum absolute atomic E-state index is 0.0116. The molecule has 2 atom stereocenters. The van der Waals surface area contributed by atoms with E-state index in [1.165, 1.54) is 6.26 Å². The van der Waals surface area contributed by atoms with E-state index in [0.29, 0.717) is 11.4 Å². The van der Waals surface area contributed by atoms with Crippen molar-refractivity contribution in [1.29, 1.82) is 0 Å². The van der Waals surface area contributed by atoms with E-state index < -0.39 is 0 Å². The summed E-state index contributed by atoms with van der Waals surface area (Å²) < 4.78 is 5.04. The highest BCUT2D eigenvalue weighted by molar-refractivity contribution is 6.02. The maximum atomic E-state index is 12.3. The van der Waals surface area contributed by atoms with Gasteiger partial charge in [0.05, 0.1) is 6.26 Å². The first-order chi connectivity index (χ1) is 11.6. The van der Waals surface area contributed by atoms with E-state index in [-0.39, 0.29) is 29.5 Å². The minimum Gasteiger partial charge on any atom is -0.459 e. The Kier molecular flexibility index (Phi) is 4.96. The Balaban J connectivity index is 1.56. The van der Waals surface area contributed by atoms with E-state index >= 15 is 0 Å². The average molecular weight is 327 g/mol. The summed E-state index contributed by atoms with van der Waals surface area (Å²) in [6.45, 7) is 0. The first-order valence-electron chi connectivity index (χ1n) is 8.13. The number of carbonyl (C=O) groups is 2. The van der Waals surface area contributed by atoms with E-state index in [9.17, 15) is 9.59 Å². The predicted molar refractivity (Wildman–Crippen MR) is 91.7 cm³/mol. The number of hydrogen-bond donors (Lipinski definition) is 3. The summed E-state index contributed by atoms with van der Waals surface area (Å²) in [7, 11) is 0. The van der Waals surface area contributed by atoms with Crippen LogP contribution >= 0.6 is 0 Å². The lowest BCUT2D eigenvalue weighted by Crippen LogP contribution is -2.34. The minimum atomic E-state index is -0.312. The van der Waals surface area contributed by atoms with Crippen LogP contribution in [0.25, 0.3) is 0 Å². The lowest BCUT2D eigenvalue weighted by Gasteiger charge is -2.25. The van der Waals surface area contributed by atoms with Crippen LogP contribution in [0.15, 0.2) is 47.1 Å². The van der Waals surface area contributed by atoms with Crippen LogP contribution in [0.4, 0.5) is 11.4 Å². The summed E-state index contributed by atoms with van der Waals surface area (Å²) in [6.07, 6.45) is 5.06. The lowest BCUT2D eigenvalue weighted by molar-refractivity contribution is -0.120. The van der Waals surface area contributed by atoms with Crippen LogP contribution in [0.2, 0.25) is 0 Å². The Bertz CT molecular complexity index is 695. The summed E-state index contributed by atoms with van der Waals surface area (Å²) in [6, 6.07) is 10.4. The van der Waals surface area contributed by atoms with E-state index in [1.54, 1.807) is 36.4 Å². The van der Waals surface area contributed by atoms with Crippen molar-refractivity contribution < 1.29 is 14.0 Å². The number of benzene rings is 1. The SMILES string of the molecule is NC1CCCC(C(=O)Nc2ccc(NC(=O)c3ccco3)cc2)C1. The molecule has 2 aromatic rings. The van der Waals surface area contributed by atoms with Gasteiger partial charge in [-0.05, 0) is 55.7 Å². The van der Waals surface area contributed by atoms with Crippen molar-refractivity contribution in [2.24, 2.45) is 11.7 Å². The number of nitrogens with two attached hydrogens (primary N) is 1. The van der Waals surface area contributed by atoms with Crippen molar-refractivity contribution in [2.45, 2.75) is 31.7 Å². The molecule has 3 rings (SSSR count). The van der Waals surface area contributed by atoms with E-state index in [2.05, 4.69) is 10.6 Å². The monoisotopic (exact) mass is 327 g/mol. The molecule has 1 aliphatic carbocycles. The molecule has 1 aromatic carbocycles. The zero-order valence-corrected chi connectivity index (χ0v) is 13.3. The molecule has 1 heterocycles. The summed E-state index contributed by atoms with van der Waals surface area (Å²) in [5.41, 5.74) is 7.27. The van der Waals surface area contributed by atoms with Crippen LogP contribution in [-0.2, 0) is 4.79 Å². The largest absolute Gasteiger partial charge is 0.459 e. The number of amides is 2. The number of rotatable bonds is 4. The van der Waals surface area contributed by atoms with Gasteiger partial charge < -0.3 is 20.8 Å². The van der Waals surface area contributed by atoms with Crippen molar-refractivity contribution >= 4 is 23.2 Å². The van der Waals surface area contributed by atoms with Gasteiger partial charge in [0.15, 0.2) is 5.76 Å². The van der Waals surface area contributed by atoms with Gasteiger partial charge in [0, 0.05) is 23.3 Å². The number of carbonyl (C=O) groups excluding carboxylic acids is 2.